The second-order valence-electron chi connectivity index (χ2n) is 7.59. The molecule has 19 heavy (non-hydrogen) atoms. The van der Waals surface area contributed by atoms with Crippen LogP contribution in [0.5, 0.6) is 0 Å². The van der Waals surface area contributed by atoms with E-state index in [-0.39, 0.29) is 5.91 Å². The first-order valence-corrected chi connectivity index (χ1v) is 8.02. The molecule has 4 bridgehead atoms. The van der Waals surface area contributed by atoms with E-state index in [1.807, 2.05) is 7.05 Å². The molecule has 4 aliphatic carbocycles. The lowest BCUT2D eigenvalue weighted by atomic mass is 9.49. The highest BCUT2D eigenvalue weighted by molar-refractivity contribution is 5.76. The van der Waals surface area contributed by atoms with Crippen LogP contribution < -0.4 is 10.6 Å². The van der Waals surface area contributed by atoms with Crippen LogP contribution in [-0.4, -0.2) is 25.5 Å². The van der Waals surface area contributed by atoms with Crippen LogP contribution in [0.15, 0.2) is 0 Å². The van der Waals surface area contributed by atoms with Crippen LogP contribution in [0, 0.1) is 23.2 Å². The van der Waals surface area contributed by atoms with Crippen molar-refractivity contribution in [3.05, 3.63) is 0 Å². The van der Waals surface area contributed by atoms with Crippen LogP contribution in [0.4, 0.5) is 0 Å². The molecule has 108 valence electrons. The predicted octanol–water partition coefficient (Wildman–Crippen LogP) is 2.32. The fraction of sp³-hybridized carbons (Fsp3) is 0.938. The van der Waals surface area contributed by atoms with Gasteiger partial charge in [0.05, 0.1) is 0 Å². The summed E-state index contributed by atoms with van der Waals surface area (Å²) in [6.07, 6.45) is 9.13. The van der Waals surface area contributed by atoms with Gasteiger partial charge in [-0.2, -0.15) is 0 Å². The van der Waals surface area contributed by atoms with Crippen molar-refractivity contribution in [2.75, 3.05) is 13.6 Å². The van der Waals surface area contributed by atoms with Crippen molar-refractivity contribution in [2.45, 2.75) is 57.9 Å². The molecule has 4 aliphatic rings. The first-order chi connectivity index (χ1) is 9.08. The van der Waals surface area contributed by atoms with Crippen LogP contribution in [0.25, 0.3) is 0 Å². The minimum Gasteiger partial charge on any atom is -0.355 e. The molecule has 1 atom stereocenters. The molecule has 0 radical (unpaired) electrons. The van der Waals surface area contributed by atoms with Crippen molar-refractivity contribution in [1.82, 2.24) is 10.6 Å². The molecule has 0 aromatic rings. The topological polar surface area (TPSA) is 41.1 Å². The third-order valence-corrected chi connectivity index (χ3v) is 5.80. The summed E-state index contributed by atoms with van der Waals surface area (Å²) in [5.74, 6) is 3.10. The number of hydrogen-bond donors (Lipinski definition) is 2. The van der Waals surface area contributed by atoms with Crippen molar-refractivity contribution in [2.24, 2.45) is 23.2 Å². The first kappa shape index (κ1) is 13.4. The molecular formula is C16H28N2O. The first-order valence-electron chi connectivity index (χ1n) is 8.02. The SMILES string of the molecule is CNC(C)CNC(=O)CC12CC3CC(CC(C3)C1)C2. The van der Waals surface area contributed by atoms with Gasteiger partial charge in [-0.25, -0.2) is 0 Å². The summed E-state index contributed by atoms with van der Waals surface area (Å²) in [5, 5.41) is 6.27. The number of rotatable bonds is 5. The molecule has 4 rings (SSSR count). The molecule has 1 amide bonds. The van der Waals surface area contributed by atoms with Crippen LogP contribution in [0.2, 0.25) is 0 Å². The lowest BCUT2D eigenvalue weighted by molar-refractivity contribution is -0.129. The van der Waals surface area contributed by atoms with E-state index in [0.29, 0.717) is 11.5 Å². The smallest absolute Gasteiger partial charge is 0.220 e. The van der Waals surface area contributed by atoms with E-state index in [2.05, 4.69) is 17.6 Å². The maximum Gasteiger partial charge on any atom is 0.220 e. The maximum atomic E-state index is 12.2. The average molecular weight is 264 g/mol. The van der Waals surface area contributed by atoms with E-state index in [0.717, 1.165) is 30.7 Å². The van der Waals surface area contributed by atoms with Gasteiger partial charge >= 0.3 is 0 Å². The molecular weight excluding hydrogens is 236 g/mol. The van der Waals surface area contributed by atoms with Gasteiger partial charge in [-0.05, 0) is 75.7 Å². The molecule has 4 fully saturated rings. The Kier molecular flexibility index (Phi) is 3.59. The van der Waals surface area contributed by atoms with E-state index in [1.165, 1.54) is 38.5 Å². The van der Waals surface area contributed by atoms with Gasteiger partial charge in [-0.1, -0.05) is 0 Å². The van der Waals surface area contributed by atoms with Crippen molar-refractivity contribution in [3.63, 3.8) is 0 Å². The molecule has 2 N–H and O–H groups in total. The van der Waals surface area contributed by atoms with E-state index < -0.39 is 0 Å². The zero-order valence-corrected chi connectivity index (χ0v) is 12.4. The van der Waals surface area contributed by atoms with Crippen LogP contribution in [0.1, 0.15) is 51.9 Å². The lowest BCUT2D eigenvalue weighted by Crippen LogP contribution is -2.48. The van der Waals surface area contributed by atoms with E-state index in [9.17, 15) is 4.79 Å². The summed E-state index contributed by atoms with van der Waals surface area (Å²) in [5.41, 5.74) is 0.377. The third kappa shape index (κ3) is 2.81. The molecule has 0 saturated heterocycles. The highest BCUT2D eigenvalue weighted by Gasteiger charge is 2.51. The van der Waals surface area contributed by atoms with Crippen molar-refractivity contribution >= 4 is 5.91 Å². The number of likely N-dealkylation sites (N-methyl/N-ethyl adjacent to an activating group) is 1. The molecule has 0 heterocycles. The van der Waals surface area contributed by atoms with E-state index in [4.69, 9.17) is 0 Å². The number of nitrogens with one attached hydrogen (secondary N) is 2. The lowest BCUT2D eigenvalue weighted by Gasteiger charge is -2.56. The van der Waals surface area contributed by atoms with Crippen molar-refractivity contribution in [3.8, 4) is 0 Å². The van der Waals surface area contributed by atoms with Crippen molar-refractivity contribution < 1.29 is 4.79 Å². The molecule has 0 spiro atoms. The van der Waals surface area contributed by atoms with Gasteiger partial charge in [0.2, 0.25) is 5.91 Å². The van der Waals surface area contributed by atoms with Gasteiger partial charge in [-0.3, -0.25) is 4.79 Å². The van der Waals surface area contributed by atoms with Gasteiger partial charge in [0, 0.05) is 19.0 Å². The molecule has 3 heteroatoms. The molecule has 0 aliphatic heterocycles. The third-order valence-electron chi connectivity index (χ3n) is 5.80. The predicted molar refractivity (Wildman–Crippen MR) is 76.8 cm³/mol. The Bertz CT molecular complexity index is 317. The normalized spacial score (nSPS) is 41.3. The van der Waals surface area contributed by atoms with Crippen molar-refractivity contribution in [1.29, 1.82) is 0 Å². The minimum atomic E-state index is 0.282. The Morgan fingerprint density at radius 1 is 1.16 bits per heavy atom. The van der Waals surface area contributed by atoms with E-state index in [1.54, 1.807) is 0 Å². The molecule has 3 nitrogen and oxygen atoms in total. The summed E-state index contributed by atoms with van der Waals surface area (Å²) in [6.45, 7) is 2.85. The number of carbonyl (C=O) groups is 1. The van der Waals surface area contributed by atoms with Crippen LogP contribution in [-0.2, 0) is 4.79 Å². The monoisotopic (exact) mass is 264 g/mol. The van der Waals surface area contributed by atoms with Gasteiger partial charge in [0.1, 0.15) is 0 Å². The quantitative estimate of drug-likeness (QED) is 0.800. The second-order valence-corrected chi connectivity index (χ2v) is 7.59. The number of hydrogen-bond acceptors (Lipinski definition) is 2. The van der Waals surface area contributed by atoms with Crippen LogP contribution in [0.3, 0.4) is 0 Å². The summed E-state index contributed by atoms with van der Waals surface area (Å²) in [7, 11) is 1.94. The minimum absolute atomic E-state index is 0.282. The number of amides is 1. The zero-order chi connectivity index (χ0) is 13.5. The molecule has 0 aromatic carbocycles. The summed E-state index contributed by atoms with van der Waals surface area (Å²) in [6, 6.07) is 0.361. The fourth-order valence-electron chi connectivity index (χ4n) is 5.28. The summed E-state index contributed by atoms with van der Waals surface area (Å²) < 4.78 is 0. The van der Waals surface area contributed by atoms with Gasteiger partial charge in [0.15, 0.2) is 0 Å². The Morgan fingerprint density at radius 2 is 1.68 bits per heavy atom. The molecule has 4 saturated carbocycles. The van der Waals surface area contributed by atoms with Crippen LogP contribution >= 0.6 is 0 Å². The largest absolute Gasteiger partial charge is 0.355 e. The second kappa shape index (κ2) is 5.08. The standard InChI is InChI=1S/C16H28N2O/c1-11(17-2)10-18-15(19)9-16-6-12-3-13(7-16)5-14(4-12)8-16/h11-14,17H,3-10H2,1-2H3,(H,18,19). The van der Waals surface area contributed by atoms with Gasteiger partial charge in [-0.15, -0.1) is 0 Å². The Balaban J connectivity index is 1.56. The highest BCUT2D eigenvalue weighted by Crippen LogP contribution is 2.61. The van der Waals surface area contributed by atoms with Gasteiger partial charge in [0.25, 0.3) is 0 Å². The average Bonchev–Trinajstić information content (AvgIpc) is 2.33. The summed E-state index contributed by atoms with van der Waals surface area (Å²) in [4.78, 5) is 12.2. The Labute approximate surface area is 116 Å². The molecule has 1 unspecified atom stereocenters. The summed E-state index contributed by atoms with van der Waals surface area (Å²) >= 11 is 0. The molecule has 0 aromatic heterocycles. The number of carbonyl (C=O) groups excluding carboxylic acids is 1. The zero-order valence-electron chi connectivity index (χ0n) is 12.4. The van der Waals surface area contributed by atoms with E-state index >= 15 is 0 Å². The fourth-order valence-corrected chi connectivity index (χ4v) is 5.28. The Morgan fingerprint density at radius 3 is 2.16 bits per heavy atom. The Hall–Kier alpha value is -0.570. The van der Waals surface area contributed by atoms with Gasteiger partial charge < -0.3 is 10.6 Å². The highest BCUT2D eigenvalue weighted by atomic mass is 16.1. The maximum absolute atomic E-state index is 12.2.